The summed E-state index contributed by atoms with van der Waals surface area (Å²) in [5, 5.41) is 8.17. The zero-order valence-corrected chi connectivity index (χ0v) is 13.1. The molecule has 21 heavy (non-hydrogen) atoms. The molecular formula is C14H23N3O4. The molecule has 0 spiro atoms. The van der Waals surface area contributed by atoms with Gasteiger partial charge in [0.25, 0.3) is 0 Å². The number of rotatable bonds is 4. The molecule has 7 nitrogen and oxygen atoms in total. The number of hydrogen-bond acceptors (Lipinski definition) is 7. The van der Waals surface area contributed by atoms with Gasteiger partial charge in [0.15, 0.2) is 0 Å². The van der Waals surface area contributed by atoms with Crippen molar-refractivity contribution in [2.24, 2.45) is 0 Å². The zero-order chi connectivity index (χ0) is 15.5. The topological polar surface area (TPSA) is 77.7 Å². The standard InChI is InChI=1S/C14H23N3O4/c1-14(2,3)13-16-15-11(21-13)9-17-5-6-20-10(8-17)7-12(18)19-4/h10H,5-9H2,1-4H3. The third-order valence-corrected chi connectivity index (χ3v) is 3.31. The lowest BCUT2D eigenvalue weighted by molar-refractivity contribution is -0.145. The number of carbonyl (C=O) groups excluding carboxylic acids is 1. The summed E-state index contributed by atoms with van der Waals surface area (Å²) < 4.78 is 15.9. The van der Waals surface area contributed by atoms with Crippen LogP contribution in [0.3, 0.4) is 0 Å². The van der Waals surface area contributed by atoms with Crippen molar-refractivity contribution in [3.63, 3.8) is 0 Å². The number of ether oxygens (including phenoxy) is 2. The average Bonchev–Trinajstić information content (AvgIpc) is 2.87. The number of aromatic nitrogens is 2. The summed E-state index contributed by atoms with van der Waals surface area (Å²) >= 11 is 0. The number of morpholine rings is 1. The maximum absolute atomic E-state index is 11.3. The van der Waals surface area contributed by atoms with Gasteiger partial charge in [-0.2, -0.15) is 0 Å². The minimum Gasteiger partial charge on any atom is -0.469 e. The molecule has 1 saturated heterocycles. The molecule has 0 aliphatic carbocycles. The van der Waals surface area contributed by atoms with Crippen LogP contribution < -0.4 is 0 Å². The van der Waals surface area contributed by atoms with Crippen LogP contribution in [0.25, 0.3) is 0 Å². The second kappa shape index (κ2) is 6.53. The normalized spacial score (nSPS) is 20.5. The predicted molar refractivity (Wildman–Crippen MR) is 74.6 cm³/mol. The van der Waals surface area contributed by atoms with E-state index in [1.165, 1.54) is 7.11 Å². The highest BCUT2D eigenvalue weighted by atomic mass is 16.5. The van der Waals surface area contributed by atoms with Crippen LogP contribution in [0.2, 0.25) is 0 Å². The van der Waals surface area contributed by atoms with Gasteiger partial charge in [-0.25, -0.2) is 0 Å². The van der Waals surface area contributed by atoms with Crippen LogP contribution in [0.1, 0.15) is 39.0 Å². The number of nitrogens with zero attached hydrogens (tertiary/aromatic N) is 3. The highest BCUT2D eigenvalue weighted by Gasteiger charge is 2.26. The van der Waals surface area contributed by atoms with E-state index in [4.69, 9.17) is 9.15 Å². The van der Waals surface area contributed by atoms with Crippen molar-refractivity contribution >= 4 is 5.97 Å². The summed E-state index contributed by atoms with van der Waals surface area (Å²) in [6.07, 6.45) is 0.126. The van der Waals surface area contributed by atoms with E-state index in [-0.39, 0.29) is 23.9 Å². The number of methoxy groups -OCH3 is 1. The van der Waals surface area contributed by atoms with Crippen molar-refractivity contribution in [1.82, 2.24) is 15.1 Å². The van der Waals surface area contributed by atoms with Crippen LogP contribution in [0.5, 0.6) is 0 Å². The zero-order valence-electron chi connectivity index (χ0n) is 13.1. The third-order valence-electron chi connectivity index (χ3n) is 3.31. The fraction of sp³-hybridized carbons (Fsp3) is 0.786. The number of hydrogen-bond donors (Lipinski definition) is 0. The Morgan fingerprint density at radius 2 is 2.19 bits per heavy atom. The van der Waals surface area contributed by atoms with Crippen molar-refractivity contribution < 1.29 is 18.7 Å². The van der Waals surface area contributed by atoms with Crippen molar-refractivity contribution in [1.29, 1.82) is 0 Å². The molecule has 1 aromatic rings. The molecule has 0 aromatic carbocycles. The lowest BCUT2D eigenvalue weighted by Crippen LogP contribution is -2.42. The summed E-state index contributed by atoms with van der Waals surface area (Å²) in [5.74, 6) is 0.977. The first-order valence-electron chi connectivity index (χ1n) is 7.12. The Bertz CT molecular complexity index is 481. The molecule has 1 aromatic heterocycles. The van der Waals surface area contributed by atoms with E-state index in [1.807, 2.05) is 20.8 Å². The predicted octanol–water partition coefficient (Wildman–Crippen LogP) is 1.13. The van der Waals surface area contributed by atoms with Crippen LogP contribution in [-0.2, 0) is 26.2 Å². The van der Waals surface area contributed by atoms with E-state index in [9.17, 15) is 4.79 Å². The molecule has 0 radical (unpaired) electrons. The Morgan fingerprint density at radius 1 is 1.43 bits per heavy atom. The summed E-state index contributed by atoms with van der Waals surface area (Å²) in [5.41, 5.74) is -0.149. The molecule has 118 valence electrons. The minimum absolute atomic E-state index is 0.142. The van der Waals surface area contributed by atoms with Gasteiger partial charge in [0.05, 0.1) is 32.8 Å². The lowest BCUT2D eigenvalue weighted by atomic mass is 9.97. The first kappa shape index (κ1) is 15.9. The second-order valence-corrected chi connectivity index (χ2v) is 6.26. The summed E-state index contributed by atoms with van der Waals surface area (Å²) in [4.78, 5) is 13.4. The molecule has 1 aliphatic heterocycles. The Hall–Kier alpha value is -1.47. The SMILES string of the molecule is COC(=O)CC1CN(Cc2nnc(C(C)(C)C)o2)CCO1. The molecule has 1 fully saturated rings. The molecule has 0 saturated carbocycles. The second-order valence-electron chi connectivity index (χ2n) is 6.26. The van der Waals surface area contributed by atoms with Crippen molar-refractivity contribution in [3.05, 3.63) is 11.8 Å². The molecule has 1 aliphatic rings. The molecular weight excluding hydrogens is 274 g/mol. The largest absolute Gasteiger partial charge is 0.469 e. The molecule has 2 heterocycles. The van der Waals surface area contributed by atoms with Crippen molar-refractivity contribution in [2.75, 3.05) is 26.8 Å². The molecule has 2 rings (SSSR count). The van der Waals surface area contributed by atoms with E-state index in [2.05, 4.69) is 19.8 Å². The van der Waals surface area contributed by atoms with E-state index in [0.717, 1.165) is 6.54 Å². The highest BCUT2D eigenvalue weighted by Crippen LogP contribution is 2.21. The van der Waals surface area contributed by atoms with E-state index >= 15 is 0 Å². The van der Waals surface area contributed by atoms with Gasteiger partial charge >= 0.3 is 5.97 Å². The van der Waals surface area contributed by atoms with Gasteiger partial charge in [0, 0.05) is 18.5 Å². The maximum Gasteiger partial charge on any atom is 0.308 e. The molecule has 0 N–H and O–H groups in total. The Morgan fingerprint density at radius 3 is 2.81 bits per heavy atom. The van der Waals surface area contributed by atoms with Gasteiger partial charge in [-0.3, -0.25) is 9.69 Å². The summed E-state index contributed by atoms with van der Waals surface area (Å²) in [7, 11) is 1.38. The molecule has 7 heteroatoms. The van der Waals surface area contributed by atoms with Crippen molar-refractivity contribution in [3.8, 4) is 0 Å². The van der Waals surface area contributed by atoms with E-state index < -0.39 is 0 Å². The smallest absolute Gasteiger partial charge is 0.308 e. The average molecular weight is 297 g/mol. The number of esters is 1. The van der Waals surface area contributed by atoms with Gasteiger partial charge in [-0.05, 0) is 0 Å². The van der Waals surface area contributed by atoms with Crippen LogP contribution in [0, 0.1) is 0 Å². The fourth-order valence-corrected chi connectivity index (χ4v) is 2.13. The van der Waals surface area contributed by atoms with Gasteiger partial charge in [0.2, 0.25) is 11.8 Å². The Balaban J connectivity index is 1.90. The lowest BCUT2D eigenvalue weighted by Gasteiger charge is -2.31. The van der Waals surface area contributed by atoms with Crippen LogP contribution in [0.15, 0.2) is 4.42 Å². The Kier molecular flexibility index (Phi) is 4.95. The van der Waals surface area contributed by atoms with Crippen LogP contribution in [0.4, 0.5) is 0 Å². The van der Waals surface area contributed by atoms with Crippen LogP contribution in [-0.4, -0.2) is 54.0 Å². The summed E-state index contributed by atoms with van der Waals surface area (Å²) in [6, 6.07) is 0. The van der Waals surface area contributed by atoms with E-state index in [0.29, 0.717) is 31.5 Å². The van der Waals surface area contributed by atoms with Crippen LogP contribution >= 0.6 is 0 Å². The summed E-state index contributed by atoms with van der Waals surface area (Å²) in [6.45, 7) is 8.70. The van der Waals surface area contributed by atoms with E-state index in [1.54, 1.807) is 0 Å². The van der Waals surface area contributed by atoms with Gasteiger partial charge in [-0.15, -0.1) is 10.2 Å². The third kappa shape index (κ3) is 4.50. The van der Waals surface area contributed by atoms with Gasteiger partial charge in [0.1, 0.15) is 0 Å². The highest BCUT2D eigenvalue weighted by molar-refractivity contribution is 5.69. The fourth-order valence-electron chi connectivity index (χ4n) is 2.13. The molecule has 1 unspecified atom stereocenters. The number of carbonyl (C=O) groups is 1. The maximum atomic E-state index is 11.3. The molecule has 0 amide bonds. The molecule has 1 atom stereocenters. The first-order chi connectivity index (χ1) is 9.88. The van der Waals surface area contributed by atoms with Crippen molar-refractivity contribution in [2.45, 2.75) is 45.3 Å². The monoisotopic (exact) mass is 297 g/mol. The Labute approximate surface area is 124 Å². The first-order valence-corrected chi connectivity index (χ1v) is 7.12. The van der Waals surface area contributed by atoms with Gasteiger partial charge < -0.3 is 13.9 Å². The molecule has 0 bridgehead atoms. The minimum atomic E-state index is -0.255. The van der Waals surface area contributed by atoms with Gasteiger partial charge in [-0.1, -0.05) is 20.8 Å². The quantitative estimate of drug-likeness (QED) is 0.771.